The smallest absolute Gasteiger partial charge is 0.131 e. The van der Waals surface area contributed by atoms with E-state index in [2.05, 4.69) is 17.1 Å². The van der Waals surface area contributed by atoms with E-state index < -0.39 is 0 Å². The molecule has 1 aromatic rings. The molecule has 1 aliphatic rings. The Morgan fingerprint density at radius 2 is 2.00 bits per heavy atom. The van der Waals surface area contributed by atoms with Crippen LogP contribution in [0.1, 0.15) is 38.3 Å². The fraction of sp³-hybridized carbons (Fsp3) is 0.625. The molecule has 1 N–H and O–H groups in total. The number of nitrogens with one attached hydrogen (secondary N) is 1. The van der Waals surface area contributed by atoms with Gasteiger partial charge in [-0.15, -0.1) is 0 Å². The minimum Gasteiger partial charge on any atom is -0.497 e. The van der Waals surface area contributed by atoms with Crippen molar-refractivity contribution in [3.8, 4) is 5.75 Å². The molecule has 20 heavy (non-hydrogen) atoms. The van der Waals surface area contributed by atoms with Crippen molar-refractivity contribution < 1.29 is 9.13 Å². The molecule has 0 aromatic heterocycles. The van der Waals surface area contributed by atoms with Crippen LogP contribution in [0.5, 0.6) is 5.75 Å². The summed E-state index contributed by atoms with van der Waals surface area (Å²) < 4.78 is 19.0. The van der Waals surface area contributed by atoms with Gasteiger partial charge in [0.15, 0.2) is 0 Å². The summed E-state index contributed by atoms with van der Waals surface area (Å²) in [7, 11) is 1.55. The first kappa shape index (κ1) is 15.3. The second-order valence-electron chi connectivity index (χ2n) is 5.68. The molecule has 0 spiro atoms. The number of likely N-dealkylation sites (tertiary alicyclic amines) is 1. The molecule has 1 saturated heterocycles. The van der Waals surface area contributed by atoms with Crippen LogP contribution in [-0.2, 0) is 0 Å². The molecule has 0 saturated carbocycles. The van der Waals surface area contributed by atoms with E-state index >= 15 is 0 Å². The maximum atomic E-state index is 14.0. The Balaban J connectivity index is 1.91. The fourth-order valence-corrected chi connectivity index (χ4v) is 2.91. The van der Waals surface area contributed by atoms with Crippen LogP contribution in [0.15, 0.2) is 18.2 Å². The van der Waals surface area contributed by atoms with E-state index in [1.165, 1.54) is 32.0 Å². The number of rotatable bonds is 6. The third kappa shape index (κ3) is 3.93. The molecule has 112 valence electrons. The first-order chi connectivity index (χ1) is 9.60. The maximum absolute atomic E-state index is 14.0. The van der Waals surface area contributed by atoms with Gasteiger partial charge in [-0.1, -0.05) is 6.07 Å². The topological polar surface area (TPSA) is 24.5 Å². The summed E-state index contributed by atoms with van der Waals surface area (Å²) in [6.45, 7) is 7.58. The minimum atomic E-state index is -0.210. The standard InChI is InChI=1S/C16H25FN2O/c1-12(11-19-8-4-5-9-19)18-13(2)15-7-6-14(20-3)10-16(15)17/h6-7,10,12-13,18H,4-5,8-9,11H2,1-3H3. The van der Waals surface area contributed by atoms with Crippen molar-refractivity contribution in [2.24, 2.45) is 0 Å². The van der Waals surface area contributed by atoms with Gasteiger partial charge in [-0.05, 0) is 45.8 Å². The second kappa shape index (κ2) is 7.04. The molecule has 1 fully saturated rings. The van der Waals surface area contributed by atoms with Crippen molar-refractivity contribution in [1.29, 1.82) is 0 Å². The fourth-order valence-electron chi connectivity index (χ4n) is 2.91. The van der Waals surface area contributed by atoms with Crippen LogP contribution in [-0.4, -0.2) is 37.7 Å². The van der Waals surface area contributed by atoms with Crippen molar-refractivity contribution in [2.45, 2.75) is 38.8 Å². The van der Waals surface area contributed by atoms with Gasteiger partial charge in [-0.2, -0.15) is 0 Å². The van der Waals surface area contributed by atoms with Crippen molar-refractivity contribution in [1.82, 2.24) is 10.2 Å². The van der Waals surface area contributed by atoms with Crippen molar-refractivity contribution >= 4 is 0 Å². The Kier molecular flexibility index (Phi) is 5.38. The van der Waals surface area contributed by atoms with E-state index in [1.54, 1.807) is 13.2 Å². The van der Waals surface area contributed by atoms with Crippen molar-refractivity contribution in [3.63, 3.8) is 0 Å². The second-order valence-corrected chi connectivity index (χ2v) is 5.68. The lowest BCUT2D eigenvalue weighted by Gasteiger charge is -2.25. The highest BCUT2D eigenvalue weighted by molar-refractivity contribution is 5.30. The lowest BCUT2D eigenvalue weighted by molar-refractivity contribution is 0.288. The van der Waals surface area contributed by atoms with Crippen LogP contribution in [0.4, 0.5) is 4.39 Å². The maximum Gasteiger partial charge on any atom is 0.131 e. The third-order valence-electron chi connectivity index (χ3n) is 3.94. The van der Waals surface area contributed by atoms with E-state index in [-0.39, 0.29) is 11.9 Å². The molecule has 1 aromatic carbocycles. The zero-order valence-corrected chi connectivity index (χ0v) is 12.7. The molecule has 0 aliphatic carbocycles. The number of ether oxygens (including phenoxy) is 1. The Morgan fingerprint density at radius 1 is 1.30 bits per heavy atom. The molecule has 2 unspecified atom stereocenters. The zero-order chi connectivity index (χ0) is 14.5. The monoisotopic (exact) mass is 280 g/mol. The number of hydrogen-bond acceptors (Lipinski definition) is 3. The van der Waals surface area contributed by atoms with Gasteiger partial charge in [-0.3, -0.25) is 0 Å². The van der Waals surface area contributed by atoms with Gasteiger partial charge in [0.1, 0.15) is 11.6 Å². The average molecular weight is 280 g/mol. The summed E-state index contributed by atoms with van der Waals surface area (Å²) in [6, 6.07) is 5.40. The molecule has 0 amide bonds. The predicted octanol–water partition coefficient (Wildman–Crippen LogP) is 2.97. The normalized spacial score (nSPS) is 19.0. The Hall–Kier alpha value is -1.13. The number of halogens is 1. The molecule has 2 rings (SSSR count). The first-order valence-electron chi connectivity index (χ1n) is 7.42. The van der Waals surface area contributed by atoms with E-state index in [0.717, 1.165) is 6.54 Å². The first-order valence-corrected chi connectivity index (χ1v) is 7.42. The number of benzene rings is 1. The van der Waals surface area contributed by atoms with Crippen LogP contribution in [0, 0.1) is 5.82 Å². The number of methoxy groups -OCH3 is 1. The van der Waals surface area contributed by atoms with E-state index in [1.807, 2.05) is 13.0 Å². The SMILES string of the molecule is COc1ccc(C(C)NC(C)CN2CCCC2)c(F)c1. The molecule has 4 heteroatoms. The summed E-state index contributed by atoms with van der Waals surface area (Å²) in [6.07, 6.45) is 2.60. The molecule has 0 radical (unpaired) electrons. The molecule has 2 atom stereocenters. The molecular formula is C16H25FN2O. The van der Waals surface area contributed by atoms with Crippen LogP contribution >= 0.6 is 0 Å². The highest BCUT2D eigenvalue weighted by Crippen LogP contribution is 2.22. The third-order valence-corrected chi connectivity index (χ3v) is 3.94. The Labute approximate surface area is 121 Å². The lowest BCUT2D eigenvalue weighted by atomic mass is 10.1. The summed E-state index contributed by atoms with van der Waals surface area (Å²) in [4.78, 5) is 2.47. The van der Waals surface area contributed by atoms with Gasteiger partial charge in [0.05, 0.1) is 7.11 Å². The highest BCUT2D eigenvalue weighted by atomic mass is 19.1. The minimum absolute atomic E-state index is 0.00138. The van der Waals surface area contributed by atoms with Gasteiger partial charge in [0.2, 0.25) is 0 Å². The van der Waals surface area contributed by atoms with Gasteiger partial charge >= 0.3 is 0 Å². The Bertz CT molecular complexity index is 432. The van der Waals surface area contributed by atoms with Gasteiger partial charge in [-0.25, -0.2) is 4.39 Å². The van der Waals surface area contributed by atoms with Crippen LogP contribution in [0.2, 0.25) is 0 Å². The van der Waals surface area contributed by atoms with E-state index in [0.29, 0.717) is 17.4 Å². The zero-order valence-electron chi connectivity index (χ0n) is 12.7. The van der Waals surface area contributed by atoms with E-state index in [9.17, 15) is 4.39 Å². The highest BCUT2D eigenvalue weighted by Gasteiger charge is 2.18. The molecule has 0 bridgehead atoms. The van der Waals surface area contributed by atoms with Crippen molar-refractivity contribution in [2.75, 3.05) is 26.7 Å². The summed E-state index contributed by atoms with van der Waals surface area (Å²) in [5, 5.41) is 3.48. The number of hydrogen-bond donors (Lipinski definition) is 1. The quantitative estimate of drug-likeness (QED) is 0.867. The molecule has 3 nitrogen and oxygen atoms in total. The Morgan fingerprint density at radius 3 is 2.60 bits per heavy atom. The summed E-state index contributed by atoms with van der Waals surface area (Å²) >= 11 is 0. The largest absolute Gasteiger partial charge is 0.497 e. The van der Waals surface area contributed by atoms with Gasteiger partial charge in [0.25, 0.3) is 0 Å². The summed E-state index contributed by atoms with van der Waals surface area (Å²) in [5.41, 5.74) is 0.694. The van der Waals surface area contributed by atoms with Crippen LogP contribution in [0.25, 0.3) is 0 Å². The van der Waals surface area contributed by atoms with Gasteiger partial charge in [0, 0.05) is 30.3 Å². The number of nitrogens with zero attached hydrogens (tertiary/aromatic N) is 1. The van der Waals surface area contributed by atoms with Gasteiger partial charge < -0.3 is 15.0 Å². The van der Waals surface area contributed by atoms with Crippen molar-refractivity contribution in [3.05, 3.63) is 29.6 Å². The lowest BCUT2D eigenvalue weighted by Crippen LogP contribution is -2.39. The van der Waals surface area contributed by atoms with E-state index in [4.69, 9.17) is 4.74 Å². The molecule has 1 heterocycles. The average Bonchev–Trinajstić information content (AvgIpc) is 2.90. The predicted molar refractivity (Wildman–Crippen MR) is 79.6 cm³/mol. The summed E-state index contributed by atoms with van der Waals surface area (Å²) in [5.74, 6) is 0.348. The molecule has 1 aliphatic heterocycles. The van der Waals surface area contributed by atoms with Crippen LogP contribution < -0.4 is 10.1 Å². The van der Waals surface area contributed by atoms with Crippen LogP contribution in [0.3, 0.4) is 0 Å². The molecular weight excluding hydrogens is 255 g/mol.